The van der Waals surface area contributed by atoms with E-state index < -0.39 is 23.1 Å². The van der Waals surface area contributed by atoms with Gasteiger partial charge in [0.2, 0.25) is 0 Å². The first-order chi connectivity index (χ1) is 10.6. The number of hydrogen-bond donors (Lipinski definition) is 1. The maximum Gasteiger partial charge on any atom is 0.410 e. The van der Waals surface area contributed by atoms with E-state index in [9.17, 15) is 14.7 Å². The number of hydrogen-bond acceptors (Lipinski definition) is 5. The molecular weight excluding hydrogens is 300 g/mol. The fourth-order valence-electron chi connectivity index (χ4n) is 2.83. The van der Waals surface area contributed by atoms with Gasteiger partial charge in [0, 0.05) is 32.8 Å². The van der Waals surface area contributed by atoms with E-state index in [4.69, 9.17) is 4.74 Å². The summed E-state index contributed by atoms with van der Waals surface area (Å²) >= 11 is 0. The average Bonchev–Trinajstić information content (AvgIpc) is 2.82. The lowest BCUT2D eigenvalue weighted by Gasteiger charge is -2.39. The number of carbonyl (C=O) groups excluding carboxylic acids is 1. The maximum absolute atomic E-state index is 12.3. The van der Waals surface area contributed by atoms with E-state index in [-0.39, 0.29) is 13.0 Å². The van der Waals surface area contributed by atoms with Crippen LogP contribution in [0.4, 0.5) is 4.79 Å². The number of amides is 1. The Balaban J connectivity index is 2.16. The Hall–Kier alpha value is -2.12. The molecule has 1 aromatic rings. The summed E-state index contributed by atoms with van der Waals surface area (Å²) in [7, 11) is 1.73. The molecule has 0 bridgehead atoms. The molecule has 0 radical (unpaired) electrons. The predicted molar refractivity (Wildman–Crippen MR) is 81.8 cm³/mol. The molecule has 1 aliphatic heterocycles. The number of aryl methyl sites for hydroxylation is 1. The second-order valence-corrected chi connectivity index (χ2v) is 7.15. The van der Waals surface area contributed by atoms with Gasteiger partial charge in [0.25, 0.3) is 0 Å². The number of carboxylic acids is 1. The molecule has 8 nitrogen and oxygen atoms in total. The van der Waals surface area contributed by atoms with Gasteiger partial charge in [-0.15, -0.1) is 5.10 Å². The van der Waals surface area contributed by atoms with Crippen molar-refractivity contribution in [3.05, 3.63) is 11.9 Å². The fraction of sp³-hybridized carbons (Fsp3) is 0.733. The van der Waals surface area contributed by atoms with Crippen molar-refractivity contribution in [3.8, 4) is 0 Å². The molecule has 1 N–H and O–H groups in total. The molecule has 2 rings (SSSR count). The Kier molecular flexibility index (Phi) is 4.63. The summed E-state index contributed by atoms with van der Waals surface area (Å²) in [4.78, 5) is 25.7. The van der Waals surface area contributed by atoms with Crippen LogP contribution in [-0.4, -0.2) is 55.8 Å². The van der Waals surface area contributed by atoms with Gasteiger partial charge >= 0.3 is 12.1 Å². The predicted octanol–water partition coefficient (Wildman–Crippen LogP) is 1.46. The molecule has 0 aliphatic carbocycles. The van der Waals surface area contributed by atoms with E-state index in [0.29, 0.717) is 25.1 Å². The van der Waals surface area contributed by atoms with Crippen molar-refractivity contribution in [1.82, 2.24) is 19.9 Å². The molecule has 1 aromatic heterocycles. The summed E-state index contributed by atoms with van der Waals surface area (Å²) in [6, 6.07) is 0. The molecule has 8 heteroatoms. The number of aromatic nitrogens is 3. The summed E-state index contributed by atoms with van der Waals surface area (Å²) in [6.45, 7) is 5.99. The van der Waals surface area contributed by atoms with Gasteiger partial charge in [-0.3, -0.25) is 9.48 Å². The highest BCUT2D eigenvalue weighted by atomic mass is 16.6. The van der Waals surface area contributed by atoms with E-state index in [1.165, 1.54) is 4.90 Å². The van der Waals surface area contributed by atoms with Crippen molar-refractivity contribution < 1.29 is 19.4 Å². The Morgan fingerprint density at radius 2 is 2.13 bits per heavy atom. The Bertz CT molecular complexity index is 593. The maximum atomic E-state index is 12.3. The van der Waals surface area contributed by atoms with E-state index in [1.807, 2.05) is 0 Å². The lowest BCUT2D eigenvalue weighted by molar-refractivity contribution is -0.152. The summed E-state index contributed by atoms with van der Waals surface area (Å²) in [5.74, 6) is -0.920. The van der Waals surface area contributed by atoms with Gasteiger partial charge in [-0.2, -0.15) is 0 Å². The first-order valence-electron chi connectivity index (χ1n) is 7.68. The van der Waals surface area contributed by atoms with Gasteiger partial charge in [0.05, 0.1) is 11.1 Å². The molecule has 1 fully saturated rings. The molecule has 1 amide bonds. The number of piperidine rings is 1. The minimum Gasteiger partial charge on any atom is -0.481 e. The van der Waals surface area contributed by atoms with Crippen molar-refractivity contribution in [2.75, 3.05) is 13.1 Å². The normalized spacial score (nSPS) is 22.0. The zero-order valence-corrected chi connectivity index (χ0v) is 14.1. The van der Waals surface area contributed by atoms with Crippen LogP contribution in [0.5, 0.6) is 0 Å². The topological polar surface area (TPSA) is 97.6 Å². The van der Waals surface area contributed by atoms with E-state index in [2.05, 4.69) is 10.3 Å². The number of nitrogens with zero attached hydrogens (tertiary/aromatic N) is 4. The minimum absolute atomic E-state index is 0.119. The number of carboxylic acid groups (broad SMARTS) is 1. The molecular formula is C15H24N4O4. The molecule has 1 saturated heterocycles. The number of rotatable bonds is 3. The number of carbonyl (C=O) groups is 2. The third-order valence-electron chi connectivity index (χ3n) is 3.85. The third kappa shape index (κ3) is 4.20. The zero-order chi connectivity index (χ0) is 17.3. The zero-order valence-electron chi connectivity index (χ0n) is 14.1. The average molecular weight is 324 g/mol. The van der Waals surface area contributed by atoms with Gasteiger partial charge in [0.1, 0.15) is 5.60 Å². The molecule has 1 unspecified atom stereocenters. The number of likely N-dealkylation sites (tertiary alicyclic amines) is 1. The summed E-state index contributed by atoms with van der Waals surface area (Å²) < 4.78 is 6.91. The van der Waals surface area contributed by atoms with Crippen LogP contribution in [-0.2, 0) is 23.0 Å². The van der Waals surface area contributed by atoms with Gasteiger partial charge in [-0.1, -0.05) is 5.21 Å². The highest BCUT2D eigenvalue weighted by molar-refractivity contribution is 5.77. The fourth-order valence-corrected chi connectivity index (χ4v) is 2.83. The van der Waals surface area contributed by atoms with Crippen molar-refractivity contribution >= 4 is 12.1 Å². The number of aliphatic carboxylic acids is 1. The summed E-state index contributed by atoms with van der Waals surface area (Å²) in [5, 5.41) is 17.6. The van der Waals surface area contributed by atoms with Crippen LogP contribution in [0.15, 0.2) is 6.20 Å². The van der Waals surface area contributed by atoms with E-state index in [0.717, 1.165) is 0 Å². The van der Waals surface area contributed by atoms with E-state index >= 15 is 0 Å². The van der Waals surface area contributed by atoms with Crippen LogP contribution in [0.25, 0.3) is 0 Å². The monoisotopic (exact) mass is 324 g/mol. The third-order valence-corrected chi connectivity index (χ3v) is 3.85. The molecule has 23 heavy (non-hydrogen) atoms. The van der Waals surface area contributed by atoms with Gasteiger partial charge in [0.15, 0.2) is 0 Å². The van der Waals surface area contributed by atoms with Crippen LogP contribution in [0.3, 0.4) is 0 Å². The summed E-state index contributed by atoms with van der Waals surface area (Å²) in [6.07, 6.45) is 2.60. The van der Waals surface area contributed by atoms with Crippen molar-refractivity contribution in [2.24, 2.45) is 12.5 Å². The second kappa shape index (κ2) is 6.17. The molecule has 2 heterocycles. The quantitative estimate of drug-likeness (QED) is 0.904. The van der Waals surface area contributed by atoms with Crippen LogP contribution in [0.2, 0.25) is 0 Å². The van der Waals surface area contributed by atoms with E-state index in [1.54, 1.807) is 38.7 Å². The first-order valence-corrected chi connectivity index (χ1v) is 7.68. The molecule has 128 valence electrons. The van der Waals surface area contributed by atoms with Crippen LogP contribution in [0, 0.1) is 5.41 Å². The molecule has 1 aliphatic rings. The van der Waals surface area contributed by atoms with Crippen LogP contribution >= 0.6 is 0 Å². The second-order valence-electron chi connectivity index (χ2n) is 7.15. The molecule has 0 saturated carbocycles. The highest BCUT2D eigenvalue weighted by Gasteiger charge is 2.45. The molecule has 1 atom stereocenters. The standard InChI is InChI=1S/C15H24N4O4/c1-14(2,3)23-13(22)19-7-5-6-15(10-19,12(20)21)8-11-9-18(4)17-16-11/h9H,5-8,10H2,1-4H3,(H,20,21). The smallest absolute Gasteiger partial charge is 0.410 e. The van der Waals surface area contributed by atoms with Crippen molar-refractivity contribution in [1.29, 1.82) is 0 Å². The first kappa shape index (κ1) is 17.2. The van der Waals surface area contributed by atoms with Gasteiger partial charge in [-0.25, -0.2) is 4.79 Å². The largest absolute Gasteiger partial charge is 0.481 e. The Morgan fingerprint density at radius 1 is 1.43 bits per heavy atom. The van der Waals surface area contributed by atoms with Crippen molar-refractivity contribution in [3.63, 3.8) is 0 Å². The highest BCUT2D eigenvalue weighted by Crippen LogP contribution is 2.34. The minimum atomic E-state index is -1.05. The van der Waals surface area contributed by atoms with Crippen molar-refractivity contribution in [2.45, 2.75) is 45.6 Å². The SMILES string of the molecule is Cn1cc(CC2(C(=O)O)CCCN(C(=O)OC(C)(C)C)C2)nn1. The van der Waals surface area contributed by atoms with Gasteiger partial charge < -0.3 is 14.7 Å². The Labute approximate surface area is 135 Å². The number of ether oxygens (including phenoxy) is 1. The van der Waals surface area contributed by atoms with Crippen LogP contribution in [0.1, 0.15) is 39.3 Å². The molecule has 0 aromatic carbocycles. The van der Waals surface area contributed by atoms with Gasteiger partial charge in [-0.05, 0) is 33.6 Å². The lowest BCUT2D eigenvalue weighted by atomic mass is 9.76. The molecule has 0 spiro atoms. The lowest BCUT2D eigenvalue weighted by Crippen LogP contribution is -2.52. The summed E-state index contributed by atoms with van der Waals surface area (Å²) in [5.41, 5.74) is -1.04. The Morgan fingerprint density at radius 3 is 2.65 bits per heavy atom. The van der Waals surface area contributed by atoms with Crippen LogP contribution < -0.4 is 0 Å².